The Kier molecular flexibility index (Phi) is 5.45. The Balaban J connectivity index is 2.07. The van der Waals surface area contributed by atoms with Gasteiger partial charge in [0.1, 0.15) is 0 Å². The molecule has 1 saturated heterocycles. The number of hydrogen-bond acceptors (Lipinski definition) is 3. The van der Waals surface area contributed by atoms with E-state index in [0.717, 1.165) is 47.5 Å². The third kappa shape index (κ3) is 3.68. The number of hydrazine groups is 1. The molecule has 0 aromatic heterocycles. The molecule has 18 heavy (non-hydrogen) atoms. The van der Waals surface area contributed by atoms with Gasteiger partial charge in [-0.3, -0.25) is 11.3 Å². The quantitative estimate of drug-likeness (QED) is 0.655. The van der Waals surface area contributed by atoms with E-state index in [0.29, 0.717) is 5.92 Å². The van der Waals surface area contributed by atoms with Crippen LogP contribution < -0.4 is 11.3 Å². The highest BCUT2D eigenvalue weighted by atomic mass is 79.9. The second-order valence-corrected chi connectivity index (χ2v) is 5.97. The first-order valence-electron chi connectivity index (χ1n) is 6.19. The van der Waals surface area contributed by atoms with Gasteiger partial charge < -0.3 is 4.74 Å². The van der Waals surface area contributed by atoms with Crippen molar-refractivity contribution in [2.24, 2.45) is 11.8 Å². The molecule has 3 N–H and O–H groups in total. The van der Waals surface area contributed by atoms with E-state index in [4.69, 9.17) is 22.2 Å². The van der Waals surface area contributed by atoms with Crippen LogP contribution in [0.4, 0.5) is 0 Å². The van der Waals surface area contributed by atoms with E-state index in [1.54, 1.807) is 0 Å². The van der Waals surface area contributed by atoms with Crippen LogP contribution in [0, 0.1) is 5.92 Å². The zero-order valence-electron chi connectivity index (χ0n) is 10.2. The molecule has 1 fully saturated rings. The Bertz CT molecular complexity index is 397. The molecule has 0 amide bonds. The summed E-state index contributed by atoms with van der Waals surface area (Å²) in [5, 5.41) is 0.729. The molecule has 1 atom stereocenters. The first-order chi connectivity index (χ1) is 8.70. The molecule has 1 heterocycles. The van der Waals surface area contributed by atoms with Crippen molar-refractivity contribution in [3.05, 3.63) is 33.3 Å². The number of nitrogens with one attached hydrogen (secondary N) is 1. The number of nitrogens with two attached hydrogens (primary N) is 1. The van der Waals surface area contributed by atoms with Gasteiger partial charge in [-0.15, -0.1) is 0 Å². The zero-order chi connectivity index (χ0) is 13.0. The molecular formula is C13H18BrClN2O. The number of halogens is 2. The van der Waals surface area contributed by atoms with Crippen LogP contribution in [0.25, 0.3) is 0 Å². The van der Waals surface area contributed by atoms with Crippen LogP contribution in [0.3, 0.4) is 0 Å². The summed E-state index contributed by atoms with van der Waals surface area (Å²) in [6.07, 6.45) is 3.26. The maximum Gasteiger partial charge on any atom is 0.0473 e. The first kappa shape index (κ1) is 14.3. The van der Waals surface area contributed by atoms with Gasteiger partial charge in [-0.1, -0.05) is 33.6 Å². The Labute approximate surface area is 121 Å². The summed E-state index contributed by atoms with van der Waals surface area (Å²) in [5.41, 5.74) is 4.07. The lowest BCUT2D eigenvalue weighted by molar-refractivity contribution is 0.0605. The summed E-state index contributed by atoms with van der Waals surface area (Å²) in [6, 6.07) is 5.98. The molecule has 1 aliphatic rings. The van der Waals surface area contributed by atoms with E-state index < -0.39 is 0 Å². The monoisotopic (exact) mass is 332 g/mol. The first-order valence-corrected chi connectivity index (χ1v) is 7.36. The van der Waals surface area contributed by atoms with Crippen LogP contribution in [0.2, 0.25) is 5.02 Å². The Hall–Kier alpha value is -0.130. The Morgan fingerprint density at radius 3 is 2.78 bits per heavy atom. The lowest BCUT2D eigenvalue weighted by Gasteiger charge is -2.27. The standard InChI is InChI=1S/C13H18BrClN2O/c14-12-8-10(15)1-2-11(12)13(17-16)7-9-3-5-18-6-4-9/h1-2,8-9,13,17H,3-7,16H2. The Morgan fingerprint density at radius 1 is 1.44 bits per heavy atom. The van der Waals surface area contributed by atoms with Crippen LogP contribution in [0.1, 0.15) is 30.9 Å². The molecule has 1 aromatic rings. The number of hydrogen-bond donors (Lipinski definition) is 2. The van der Waals surface area contributed by atoms with E-state index in [2.05, 4.69) is 21.4 Å². The van der Waals surface area contributed by atoms with Gasteiger partial charge in [0.05, 0.1) is 0 Å². The van der Waals surface area contributed by atoms with E-state index >= 15 is 0 Å². The minimum atomic E-state index is 0.153. The second-order valence-electron chi connectivity index (χ2n) is 4.68. The topological polar surface area (TPSA) is 47.3 Å². The fourth-order valence-corrected chi connectivity index (χ4v) is 3.34. The second kappa shape index (κ2) is 6.87. The maximum absolute atomic E-state index is 5.96. The van der Waals surface area contributed by atoms with Crippen molar-refractivity contribution in [1.29, 1.82) is 0 Å². The summed E-state index contributed by atoms with van der Waals surface area (Å²) >= 11 is 9.51. The van der Waals surface area contributed by atoms with Crippen molar-refractivity contribution < 1.29 is 4.74 Å². The lowest BCUT2D eigenvalue weighted by atomic mass is 9.90. The predicted octanol–water partition coefficient (Wildman–Crippen LogP) is 3.42. The molecule has 2 rings (SSSR count). The van der Waals surface area contributed by atoms with Crippen LogP contribution >= 0.6 is 27.5 Å². The van der Waals surface area contributed by atoms with E-state index in [-0.39, 0.29) is 6.04 Å². The summed E-state index contributed by atoms with van der Waals surface area (Å²) < 4.78 is 6.39. The van der Waals surface area contributed by atoms with Gasteiger partial charge in [0.2, 0.25) is 0 Å². The molecule has 0 radical (unpaired) electrons. The minimum Gasteiger partial charge on any atom is -0.381 e. The zero-order valence-corrected chi connectivity index (χ0v) is 12.5. The van der Waals surface area contributed by atoms with Crippen LogP contribution in [0.15, 0.2) is 22.7 Å². The highest BCUT2D eigenvalue weighted by molar-refractivity contribution is 9.10. The normalized spacial score (nSPS) is 18.8. The van der Waals surface area contributed by atoms with Gasteiger partial charge in [-0.2, -0.15) is 0 Å². The molecule has 3 nitrogen and oxygen atoms in total. The van der Waals surface area contributed by atoms with Gasteiger partial charge in [0.25, 0.3) is 0 Å². The van der Waals surface area contributed by atoms with Crippen molar-refractivity contribution in [3.8, 4) is 0 Å². The van der Waals surface area contributed by atoms with Gasteiger partial charge in [0, 0.05) is 28.8 Å². The summed E-state index contributed by atoms with van der Waals surface area (Å²) in [7, 11) is 0. The van der Waals surface area contributed by atoms with Crippen molar-refractivity contribution in [2.45, 2.75) is 25.3 Å². The van der Waals surface area contributed by atoms with Crippen LogP contribution in [0.5, 0.6) is 0 Å². The number of benzene rings is 1. The fourth-order valence-electron chi connectivity index (χ4n) is 2.38. The average molecular weight is 334 g/mol. The van der Waals surface area contributed by atoms with Gasteiger partial charge in [0.15, 0.2) is 0 Å². The van der Waals surface area contributed by atoms with Crippen molar-refractivity contribution in [3.63, 3.8) is 0 Å². The SMILES string of the molecule is NNC(CC1CCOCC1)c1ccc(Cl)cc1Br. The highest BCUT2D eigenvalue weighted by Gasteiger charge is 2.21. The molecular weight excluding hydrogens is 316 g/mol. The minimum absolute atomic E-state index is 0.153. The molecule has 0 saturated carbocycles. The molecule has 1 unspecified atom stereocenters. The third-order valence-corrected chi connectivity index (χ3v) is 4.37. The third-order valence-electron chi connectivity index (χ3n) is 3.45. The smallest absolute Gasteiger partial charge is 0.0473 e. The van der Waals surface area contributed by atoms with Crippen LogP contribution in [-0.2, 0) is 4.74 Å². The predicted molar refractivity (Wildman–Crippen MR) is 77.4 cm³/mol. The molecule has 100 valence electrons. The average Bonchev–Trinajstić information content (AvgIpc) is 2.38. The maximum atomic E-state index is 5.96. The van der Waals surface area contributed by atoms with Crippen molar-refractivity contribution >= 4 is 27.5 Å². The molecule has 5 heteroatoms. The van der Waals surface area contributed by atoms with Gasteiger partial charge in [-0.05, 0) is 42.9 Å². The highest BCUT2D eigenvalue weighted by Crippen LogP contribution is 2.32. The summed E-state index contributed by atoms with van der Waals surface area (Å²) in [6.45, 7) is 1.73. The van der Waals surface area contributed by atoms with Gasteiger partial charge >= 0.3 is 0 Å². The van der Waals surface area contributed by atoms with E-state index in [1.165, 1.54) is 0 Å². The largest absolute Gasteiger partial charge is 0.381 e. The van der Waals surface area contributed by atoms with E-state index in [1.807, 2.05) is 18.2 Å². The Morgan fingerprint density at radius 2 is 2.17 bits per heavy atom. The summed E-state index contributed by atoms with van der Waals surface area (Å²) in [5.74, 6) is 6.36. The molecule has 0 bridgehead atoms. The molecule has 0 spiro atoms. The number of rotatable bonds is 4. The summed E-state index contributed by atoms with van der Waals surface area (Å²) in [4.78, 5) is 0. The van der Waals surface area contributed by atoms with Crippen molar-refractivity contribution in [1.82, 2.24) is 5.43 Å². The number of ether oxygens (including phenoxy) is 1. The molecule has 1 aromatic carbocycles. The van der Waals surface area contributed by atoms with Crippen LogP contribution in [-0.4, -0.2) is 13.2 Å². The lowest BCUT2D eigenvalue weighted by Crippen LogP contribution is -2.31. The van der Waals surface area contributed by atoms with Crippen molar-refractivity contribution in [2.75, 3.05) is 13.2 Å². The molecule has 0 aliphatic carbocycles. The van der Waals surface area contributed by atoms with Gasteiger partial charge in [-0.25, -0.2) is 0 Å². The fraction of sp³-hybridized carbons (Fsp3) is 0.538. The molecule has 1 aliphatic heterocycles. The van der Waals surface area contributed by atoms with E-state index in [9.17, 15) is 0 Å².